The van der Waals surface area contributed by atoms with Crippen LogP contribution in [0.1, 0.15) is 5.56 Å². The van der Waals surface area contributed by atoms with E-state index in [2.05, 4.69) is 15.3 Å². The molecule has 1 amide bonds. The Bertz CT molecular complexity index is 1200. The summed E-state index contributed by atoms with van der Waals surface area (Å²) in [7, 11) is 0. The lowest BCUT2D eigenvalue weighted by molar-refractivity contribution is -0.111. The minimum atomic E-state index is -0.226. The number of rotatable bonds is 6. The first-order valence-electron chi connectivity index (χ1n) is 9.35. The van der Waals surface area contributed by atoms with Crippen molar-refractivity contribution in [1.82, 2.24) is 9.97 Å². The van der Waals surface area contributed by atoms with Crippen molar-refractivity contribution in [3.05, 3.63) is 84.4 Å². The van der Waals surface area contributed by atoms with Crippen LogP contribution in [0.3, 0.4) is 0 Å². The van der Waals surface area contributed by atoms with Crippen molar-refractivity contribution in [3.8, 4) is 23.2 Å². The summed E-state index contributed by atoms with van der Waals surface area (Å²) in [6.45, 7) is 0.00667. The molecule has 0 saturated heterocycles. The lowest BCUT2D eigenvalue weighted by Gasteiger charge is -2.04. The second-order valence-electron chi connectivity index (χ2n) is 6.52. The first-order chi connectivity index (χ1) is 14.7. The lowest BCUT2D eigenvalue weighted by Crippen LogP contribution is -2.07. The molecule has 4 rings (SSSR count). The monoisotopic (exact) mass is 394 g/mol. The molecule has 1 heterocycles. The van der Waals surface area contributed by atoms with Gasteiger partial charge in [-0.15, -0.1) is 0 Å². The van der Waals surface area contributed by atoms with E-state index in [-0.39, 0.29) is 12.5 Å². The van der Waals surface area contributed by atoms with Gasteiger partial charge in [0.25, 0.3) is 0 Å². The van der Waals surface area contributed by atoms with E-state index < -0.39 is 0 Å². The number of fused-ring (bicyclic) bond motifs is 1. The molecule has 0 radical (unpaired) electrons. The summed E-state index contributed by atoms with van der Waals surface area (Å²) in [5.41, 5.74) is 4.40. The lowest BCUT2D eigenvalue weighted by atomic mass is 10.2. The van der Waals surface area contributed by atoms with Crippen molar-refractivity contribution in [3.63, 3.8) is 0 Å². The van der Waals surface area contributed by atoms with E-state index in [1.807, 2.05) is 66.7 Å². The number of para-hydroxylation sites is 2. The van der Waals surface area contributed by atoms with Crippen LogP contribution in [0.4, 0.5) is 5.69 Å². The molecular formula is C24H18N4O2. The van der Waals surface area contributed by atoms with E-state index in [1.54, 1.807) is 18.2 Å². The van der Waals surface area contributed by atoms with Crippen LogP contribution in [0, 0.1) is 11.3 Å². The van der Waals surface area contributed by atoms with Gasteiger partial charge < -0.3 is 15.0 Å². The van der Waals surface area contributed by atoms with Gasteiger partial charge >= 0.3 is 0 Å². The molecule has 146 valence electrons. The van der Waals surface area contributed by atoms with E-state index in [0.717, 1.165) is 28.0 Å². The molecule has 30 heavy (non-hydrogen) atoms. The Balaban J connectivity index is 1.37. The highest BCUT2D eigenvalue weighted by Gasteiger charge is 2.05. The van der Waals surface area contributed by atoms with Crippen LogP contribution >= 0.6 is 0 Å². The van der Waals surface area contributed by atoms with Crippen LogP contribution < -0.4 is 10.1 Å². The van der Waals surface area contributed by atoms with E-state index in [1.165, 1.54) is 6.08 Å². The summed E-state index contributed by atoms with van der Waals surface area (Å²) < 4.78 is 5.20. The summed E-state index contributed by atoms with van der Waals surface area (Å²) in [6.07, 6.45) is 3.19. The van der Waals surface area contributed by atoms with Gasteiger partial charge in [-0.25, -0.2) is 4.98 Å². The Labute approximate surface area is 173 Å². The summed E-state index contributed by atoms with van der Waals surface area (Å²) in [5, 5.41) is 11.4. The van der Waals surface area contributed by atoms with Crippen molar-refractivity contribution in [2.75, 3.05) is 11.9 Å². The molecule has 0 bridgehead atoms. The van der Waals surface area contributed by atoms with Gasteiger partial charge in [0.1, 0.15) is 17.6 Å². The summed E-state index contributed by atoms with van der Waals surface area (Å²) >= 11 is 0. The van der Waals surface area contributed by atoms with Crippen LogP contribution in [0.5, 0.6) is 5.75 Å². The molecule has 6 heteroatoms. The van der Waals surface area contributed by atoms with Gasteiger partial charge in [0.15, 0.2) is 6.61 Å². The third-order valence-electron chi connectivity index (χ3n) is 4.43. The highest BCUT2D eigenvalue weighted by Crippen LogP contribution is 2.22. The fraction of sp³-hybridized carbons (Fsp3) is 0.0417. The van der Waals surface area contributed by atoms with Crippen molar-refractivity contribution in [2.45, 2.75) is 0 Å². The highest BCUT2D eigenvalue weighted by molar-refractivity contribution is 6.02. The largest absolute Gasteiger partial charge is 0.479 e. The molecule has 0 aliphatic carbocycles. The van der Waals surface area contributed by atoms with E-state index in [4.69, 9.17) is 10.00 Å². The maximum absolute atomic E-state index is 12.2. The van der Waals surface area contributed by atoms with E-state index in [0.29, 0.717) is 11.4 Å². The molecule has 1 aromatic heterocycles. The van der Waals surface area contributed by atoms with E-state index >= 15 is 0 Å². The van der Waals surface area contributed by atoms with Crippen LogP contribution in [-0.2, 0) is 4.79 Å². The smallest absolute Gasteiger partial charge is 0.248 e. The molecule has 0 unspecified atom stereocenters. The number of hydrogen-bond acceptors (Lipinski definition) is 4. The maximum Gasteiger partial charge on any atom is 0.248 e. The number of imidazole rings is 1. The van der Waals surface area contributed by atoms with Crippen LogP contribution in [-0.4, -0.2) is 22.5 Å². The number of hydrogen-bond donors (Lipinski definition) is 2. The predicted molar refractivity (Wildman–Crippen MR) is 117 cm³/mol. The van der Waals surface area contributed by atoms with Gasteiger partial charge in [0.2, 0.25) is 5.91 Å². The molecule has 4 aromatic rings. The topological polar surface area (TPSA) is 90.8 Å². The molecule has 0 atom stereocenters. The number of nitriles is 1. The number of aromatic amines is 1. The zero-order valence-corrected chi connectivity index (χ0v) is 16.0. The number of anilines is 1. The van der Waals surface area contributed by atoms with Gasteiger partial charge in [-0.2, -0.15) is 5.26 Å². The summed E-state index contributed by atoms with van der Waals surface area (Å²) in [5.74, 6) is 1.18. The molecule has 2 N–H and O–H groups in total. The van der Waals surface area contributed by atoms with E-state index in [9.17, 15) is 4.79 Å². The van der Waals surface area contributed by atoms with Gasteiger partial charge in [-0.3, -0.25) is 4.79 Å². The third kappa shape index (κ3) is 4.54. The van der Waals surface area contributed by atoms with Crippen LogP contribution in [0.25, 0.3) is 28.5 Å². The van der Waals surface area contributed by atoms with Crippen LogP contribution in [0.15, 0.2) is 78.9 Å². The molecule has 6 nitrogen and oxygen atoms in total. The molecule has 0 fully saturated rings. The summed E-state index contributed by atoms with van der Waals surface area (Å²) in [4.78, 5) is 20.1. The summed E-state index contributed by atoms with van der Waals surface area (Å²) in [6, 6.07) is 24.4. The number of carbonyl (C=O) groups is 1. The number of amides is 1. The number of carbonyl (C=O) groups excluding carboxylic acids is 1. The Morgan fingerprint density at radius 2 is 1.83 bits per heavy atom. The standard InChI is InChI=1S/C24H18N4O2/c25-15-16-30-20-12-5-17(6-13-20)7-14-23(29)26-19-10-8-18(9-11-19)24-27-21-3-1-2-4-22(21)28-24/h1-14H,16H2,(H,26,29)(H,27,28)/b14-7+. The Morgan fingerprint density at radius 3 is 2.57 bits per heavy atom. The Hall–Kier alpha value is -4.37. The zero-order valence-electron chi connectivity index (χ0n) is 16.0. The predicted octanol–water partition coefficient (Wildman–Crippen LogP) is 4.78. The fourth-order valence-electron chi connectivity index (χ4n) is 2.95. The van der Waals surface area contributed by atoms with Gasteiger partial charge in [-0.1, -0.05) is 24.3 Å². The second kappa shape index (κ2) is 8.76. The van der Waals surface area contributed by atoms with Crippen molar-refractivity contribution in [2.24, 2.45) is 0 Å². The Kier molecular flexibility index (Phi) is 5.54. The average molecular weight is 394 g/mol. The molecule has 3 aromatic carbocycles. The first-order valence-corrected chi connectivity index (χ1v) is 9.35. The highest BCUT2D eigenvalue weighted by atomic mass is 16.5. The molecule has 0 aliphatic rings. The third-order valence-corrected chi connectivity index (χ3v) is 4.43. The van der Waals surface area contributed by atoms with Gasteiger partial charge in [-0.05, 0) is 60.2 Å². The molecule has 0 spiro atoms. The van der Waals surface area contributed by atoms with Gasteiger partial charge in [0, 0.05) is 17.3 Å². The number of nitrogens with one attached hydrogen (secondary N) is 2. The Morgan fingerprint density at radius 1 is 1.07 bits per heavy atom. The fourth-order valence-corrected chi connectivity index (χ4v) is 2.95. The average Bonchev–Trinajstić information content (AvgIpc) is 3.22. The normalized spacial score (nSPS) is 10.8. The number of nitrogens with zero attached hydrogens (tertiary/aromatic N) is 2. The minimum Gasteiger partial charge on any atom is -0.479 e. The van der Waals surface area contributed by atoms with Gasteiger partial charge in [0.05, 0.1) is 11.0 Å². The number of aromatic nitrogens is 2. The first kappa shape index (κ1) is 19.0. The maximum atomic E-state index is 12.2. The minimum absolute atomic E-state index is 0.00667. The number of benzene rings is 3. The van der Waals surface area contributed by atoms with Crippen LogP contribution in [0.2, 0.25) is 0 Å². The number of H-pyrrole nitrogens is 1. The van der Waals surface area contributed by atoms with Crippen molar-refractivity contribution in [1.29, 1.82) is 5.26 Å². The molecule has 0 saturated carbocycles. The van der Waals surface area contributed by atoms with Crippen molar-refractivity contribution >= 4 is 28.7 Å². The zero-order chi connectivity index (χ0) is 20.8. The molecule has 0 aliphatic heterocycles. The quantitative estimate of drug-likeness (QED) is 0.460. The van der Waals surface area contributed by atoms with Crippen molar-refractivity contribution < 1.29 is 9.53 Å². The second-order valence-corrected chi connectivity index (χ2v) is 6.52. The molecular weight excluding hydrogens is 376 g/mol. The number of ether oxygens (including phenoxy) is 1. The SMILES string of the molecule is N#CCOc1ccc(/C=C/C(=O)Nc2ccc(-c3nc4ccccc4[nH]3)cc2)cc1.